The lowest BCUT2D eigenvalue weighted by Crippen LogP contribution is -2.22. The zero-order valence-corrected chi connectivity index (χ0v) is 22.0. The number of carbonyl (C=O) groups is 2. The van der Waals surface area contributed by atoms with E-state index in [0.717, 1.165) is 20.3 Å². The first-order valence-electron chi connectivity index (χ1n) is 10.7. The molecule has 2 heterocycles. The van der Waals surface area contributed by atoms with Gasteiger partial charge in [0.1, 0.15) is 11.5 Å². The van der Waals surface area contributed by atoms with Crippen LogP contribution in [0.2, 0.25) is 0 Å². The van der Waals surface area contributed by atoms with E-state index in [1.54, 1.807) is 30.8 Å². The zero-order chi connectivity index (χ0) is 26.1. The normalized spacial score (nSPS) is 12.2. The summed E-state index contributed by atoms with van der Waals surface area (Å²) in [4.78, 5) is 29.6. The molecule has 5 N–H and O–H groups in total. The molecular weight excluding hydrogens is 547 g/mol. The smallest absolute Gasteiger partial charge is 0.267 e. The summed E-state index contributed by atoms with van der Waals surface area (Å²) in [7, 11) is 1.75. The first-order valence-corrected chi connectivity index (χ1v) is 12.3. The van der Waals surface area contributed by atoms with E-state index < -0.39 is 17.6 Å². The van der Waals surface area contributed by atoms with Crippen LogP contribution in [-0.4, -0.2) is 27.3 Å². The summed E-state index contributed by atoms with van der Waals surface area (Å²) in [6, 6.07) is 11.8. The number of carbonyl (C=O) groups excluding carboxylic acids is 2. The highest BCUT2D eigenvalue weighted by Crippen LogP contribution is 2.31. The summed E-state index contributed by atoms with van der Waals surface area (Å²) in [6.07, 6.45) is 1.31. The predicted octanol–water partition coefficient (Wildman–Crippen LogP) is 4.96. The molecule has 0 aliphatic heterocycles. The van der Waals surface area contributed by atoms with Crippen molar-refractivity contribution in [3.05, 3.63) is 80.5 Å². The lowest BCUT2D eigenvalue weighted by molar-refractivity contribution is -0.111. The van der Waals surface area contributed by atoms with E-state index in [4.69, 9.17) is 11.5 Å². The molecule has 4 aromatic rings. The van der Waals surface area contributed by atoms with E-state index >= 15 is 0 Å². The molecule has 0 spiro atoms. The number of halogens is 2. The molecule has 0 radical (unpaired) electrons. The van der Waals surface area contributed by atoms with Gasteiger partial charge in [0.2, 0.25) is 0 Å². The van der Waals surface area contributed by atoms with Gasteiger partial charge in [0.05, 0.1) is 10.6 Å². The number of benzene rings is 2. The number of aromatic nitrogens is 2. The summed E-state index contributed by atoms with van der Waals surface area (Å²) in [5, 5.41) is 7.75. The first kappa shape index (κ1) is 25.3. The fourth-order valence-corrected chi connectivity index (χ4v) is 4.87. The van der Waals surface area contributed by atoms with Crippen molar-refractivity contribution in [2.75, 3.05) is 5.32 Å². The Hall–Kier alpha value is -3.83. The fourth-order valence-electron chi connectivity index (χ4n) is 3.55. The van der Waals surface area contributed by atoms with Crippen molar-refractivity contribution in [3.8, 4) is 0 Å². The largest absolute Gasteiger partial charge is 0.398 e. The van der Waals surface area contributed by atoms with Gasteiger partial charge in [-0.1, -0.05) is 15.9 Å². The number of nitrogens with two attached hydrogens (primary N) is 2. The number of amides is 2. The molecule has 11 heteroatoms. The Kier molecular flexibility index (Phi) is 7.04. The van der Waals surface area contributed by atoms with E-state index in [-0.39, 0.29) is 17.1 Å². The summed E-state index contributed by atoms with van der Waals surface area (Å²) in [5.41, 5.74) is 13.4. The minimum atomic E-state index is -0.800. The van der Waals surface area contributed by atoms with Crippen LogP contribution < -0.4 is 16.8 Å². The SMILES string of the molecule is Cc1c(C(N)=CC(=Nc2cc(C)n(C)n2)C(N)=O)ccc(F)c1NC(=O)c1cc2cc(Br)ccc2s1. The monoisotopic (exact) mass is 568 g/mol. The lowest BCUT2D eigenvalue weighted by atomic mass is 10.0. The summed E-state index contributed by atoms with van der Waals surface area (Å²) in [6.45, 7) is 3.47. The van der Waals surface area contributed by atoms with Gasteiger partial charge in [0.25, 0.3) is 11.8 Å². The second kappa shape index (κ2) is 10.0. The summed E-state index contributed by atoms with van der Waals surface area (Å²) < 4.78 is 18.2. The second-order valence-corrected chi connectivity index (χ2v) is 10.1. The number of aryl methyl sites for hydroxylation is 2. The molecule has 0 saturated heterocycles. The third-order valence-corrected chi connectivity index (χ3v) is 7.15. The molecule has 2 aromatic heterocycles. The molecular formula is C25H22BrFN6O2S. The Balaban J connectivity index is 1.66. The van der Waals surface area contributed by atoms with Crippen molar-refractivity contribution in [2.45, 2.75) is 13.8 Å². The van der Waals surface area contributed by atoms with Crippen molar-refractivity contribution >= 4 is 72.1 Å². The average molecular weight is 569 g/mol. The van der Waals surface area contributed by atoms with Crippen molar-refractivity contribution in [2.24, 2.45) is 23.5 Å². The highest BCUT2D eigenvalue weighted by Gasteiger charge is 2.18. The Morgan fingerprint density at radius 3 is 2.58 bits per heavy atom. The van der Waals surface area contributed by atoms with Gasteiger partial charge in [-0.25, -0.2) is 9.38 Å². The molecule has 36 heavy (non-hydrogen) atoms. The number of aliphatic imine (C=N–C) groups is 1. The van der Waals surface area contributed by atoms with Crippen LogP contribution in [0.25, 0.3) is 15.8 Å². The number of anilines is 1. The van der Waals surface area contributed by atoms with E-state index in [2.05, 4.69) is 31.3 Å². The number of primary amides is 1. The first-order chi connectivity index (χ1) is 17.0. The van der Waals surface area contributed by atoms with Crippen LogP contribution in [-0.2, 0) is 11.8 Å². The van der Waals surface area contributed by atoms with Crippen LogP contribution in [0.1, 0.15) is 26.5 Å². The maximum Gasteiger partial charge on any atom is 0.267 e. The Labute approximate surface area is 218 Å². The van der Waals surface area contributed by atoms with E-state index in [1.165, 1.54) is 29.5 Å². The summed E-state index contributed by atoms with van der Waals surface area (Å²) in [5.74, 6) is -1.56. The Morgan fingerprint density at radius 2 is 1.92 bits per heavy atom. The molecule has 0 unspecified atom stereocenters. The van der Waals surface area contributed by atoms with Gasteiger partial charge in [-0.15, -0.1) is 11.3 Å². The van der Waals surface area contributed by atoms with Gasteiger partial charge in [-0.05, 0) is 67.3 Å². The number of hydrogen-bond donors (Lipinski definition) is 3. The van der Waals surface area contributed by atoms with Crippen LogP contribution in [0.15, 0.2) is 58.0 Å². The number of nitrogens with zero attached hydrogens (tertiary/aromatic N) is 3. The van der Waals surface area contributed by atoms with Gasteiger partial charge in [0.15, 0.2) is 5.82 Å². The number of hydrogen-bond acceptors (Lipinski definition) is 6. The molecule has 2 aromatic carbocycles. The van der Waals surface area contributed by atoms with Gasteiger partial charge in [-0.2, -0.15) is 5.10 Å². The van der Waals surface area contributed by atoms with Gasteiger partial charge in [0, 0.05) is 39.2 Å². The molecule has 8 nitrogen and oxygen atoms in total. The topological polar surface area (TPSA) is 128 Å². The van der Waals surface area contributed by atoms with Crippen LogP contribution in [0.3, 0.4) is 0 Å². The lowest BCUT2D eigenvalue weighted by Gasteiger charge is -2.14. The third kappa shape index (κ3) is 5.21. The molecule has 0 bridgehead atoms. The van der Waals surface area contributed by atoms with Crippen LogP contribution in [0, 0.1) is 19.7 Å². The molecule has 184 valence electrons. The van der Waals surface area contributed by atoms with E-state index in [1.807, 2.05) is 25.1 Å². The van der Waals surface area contributed by atoms with Gasteiger partial charge >= 0.3 is 0 Å². The fraction of sp³-hybridized carbons (Fsp3) is 0.120. The molecule has 0 aliphatic rings. The van der Waals surface area contributed by atoms with Crippen molar-refractivity contribution in [3.63, 3.8) is 0 Å². The molecule has 0 saturated carbocycles. The maximum atomic E-state index is 14.8. The van der Waals surface area contributed by atoms with Crippen molar-refractivity contribution in [1.29, 1.82) is 0 Å². The predicted molar refractivity (Wildman–Crippen MR) is 145 cm³/mol. The minimum Gasteiger partial charge on any atom is -0.398 e. The molecule has 0 fully saturated rings. The van der Waals surface area contributed by atoms with E-state index in [9.17, 15) is 14.0 Å². The van der Waals surface area contributed by atoms with Gasteiger partial charge < -0.3 is 16.8 Å². The number of nitrogens with one attached hydrogen (secondary N) is 1. The maximum absolute atomic E-state index is 14.8. The van der Waals surface area contributed by atoms with Crippen LogP contribution in [0.4, 0.5) is 15.9 Å². The zero-order valence-electron chi connectivity index (χ0n) is 19.6. The molecule has 4 rings (SSSR count). The van der Waals surface area contributed by atoms with Crippen LogP contribution in [0.5, 0.6) is 0 Å². The Bertz CT molecular complexity index is 1570. The average Bonchev–Trinajstić information content (AvgIpc) is 3.37. The minimum absolute atomic E-state index is 0.00889. The second-order valence-electron chi connectivity index (χ2n) is 8.07. The third-order valence-electron chi connectivity index (χ3n) is 5.55. The van der Waals surface area contributed by atoms with E-state index in [0.29, 0.717) is 21.8 Å². The Morgan fingerprint density at radius 1 is 1.17 bits per heavy atom. The molecule has 0 atom stereocenters. The quantitative estimate of drug-likeness (QED) is 0.284. The van der Waals surface area contributed by atoms with Crippen LogP contribution >= 0.6 is 27.3 Å². The number of rotatable bonds is 6. The number of thiophene rings is 1. The summed E-state index contributed by atoms with van der Waals surface area (Å²) >= 11 is 4.72. The van der Waals surface area contributed by atoms with Crippen molar-refractivity contribution in [1.82, 2.24) is 9.78 Å². The number of fused-ring (bicyclic) bond motifs is 1. The molecule has 0 aliphatic carbocycles. The van der Waals surface area contributed by atoms with Gasteiger partial charge in [-0.3, -0.25) is 14.3 Å². The molecule has 2 amide bonds. The highest BCUT2D eigenvalue weighted by atomic mass is 79.9. The standard InChI is InChI=1S/C25H22BrFN6O2S/c1-12-8-22(32-33(12)3)30-19(24(29)34)11-18(28)16-5-6-17(27)23(13(16)2)31-25(35)21-10-14-9-15(26)4-7-20(14)36-21/h4-11H,28H2,1-3H3,(H2,29,34)(H,31,35). The highest BCUT2D eigenvalue weighted by molar-refractivity contribution is 9.10. The van der Waals surface area contributed by atoms with Crippen molar-refractivity contribution < 1.29 is 14.0 Å².